The van der Waals surface area contributed by atoms with Gasteiger partial charge in [-0.1, -0.05) is 66.7 Å². The Morgan fingerprint density at radius 1 is 0.897 bits per heavy atom. The molecular formula is C23H20N2O3S. The van der Waals surface area contributed by atoms with Crippen LogP contribution < -0.4 is 5.56 Å². The molecular weight excluding hydrogens is 384 g/mol. The summed E-state index contributed by atoms with van der Waals surface area (Å²) in [7, 11) is -3.78. The average Bonchev–Trinajstić information content (AvgIpc) is 2.69. The fraction of sp³-hybridized carbons (Fsp3) is 0.130. The van der Waals surface area contributed by atoms with E-state index >= 15 is 0 Å². The minimum Gasteiger partial charge on any atom is -0.297 e. The Morgan fingerprint density at radius 3 is 2.41 bits per heavy atom. The molecule has 0 unspecified atom stereocenters. The van der Waals surface area contributed by atoms with Crippen molar-refractivity contribution < 1.29 is 8.42 Å². The molecule has 0 bridgehead atoms. The Balaban J connectivity index is 1.71. The molecule has 3 aromatic carbocycles. The number of hydrogen-bond donors (Lipinski definition) is 1. The first kappa shape index (κ1) is 19.1. The summed E-state index contributed by atoms with van der Waals surface area (Å²) in [6.07, 6.45) is 0.373. The van der Waals surface area contributed by atoms with Gasteiger partial charge in [0.05, 0.1) is 11.4 Å². The lowest BCUT2D eigenvalue weighted by Crippen LogP contribution is -2.18. The third-order valence-corrected chi connectivity index (χ3v) is 6.40. The molecule has 5 nitrogen and oxygen atoms in total. The van der Waals surface area contributed by atoms with Gasteiger partial charge >= 0.3 is 0 Å². The molecule has 0 atom stereocenters. The molecule has 1 N–H and O–H groups in total. The fourth-order valence-electron chi connectivity index (χ4n) is 3.41. The van der Waals surface area contributed by atoms with Crippen molar-refractivity contribution in [2.75, 3.05) is 0 Å². The first-order valence-corrected chi connectivity index (χ1v) is 10.9. The summed E-state index contributed by atoms with van der Waals surface area (Å²) in [5.41, 5.74) is 2.51. The molecule has 146 valence electrons. The van der Waals surface area contributed by atoms with Crippen molar-refractivity contribution in [3.05, 3.63) is 106 Å². The summed E-state index contributed by atoms with van der Waals surface area (Å²) in [6, 6.07) is 22.5. The van der Waals surface area contributed by atoms with Crippen molar-refractivity contribution in [1.29, 1.82) is 0 Å². The highest BCUT2D eigenvalue weighted by Gasteiger charge is 2.20. The van der Waals surface area contributed by atoms with Gasteiger partial charge in [-0.15, -0.1) is 0 Å². The number of hydrogen-bond acceptors (Lipinski definition) is 4. The van der Waals surface area contributed by atoms with E-state index in [2.05, 4.69) is 9.97 Å². The van der Waals surface area contributed by atoms with Crippen molar-refractivity contribution in [2.45, 2.75) is 24.3 Å². The molecule has 0 aliphatic rings. The van der Waals surface area contributed by atoms with E-state index in [1.54, 1.807) is 12.1 Å². The van der Waals surface area contributed by atoms with Crippen molar-refractivity contribution in [3.8, 4) is 0 Å². The zero-order valence-electron chi connectivity index (χ0n) is 15.9. The summed E-state index contributed by atoms with van der Waals surface area (Å²) in [5.74, 6) is -0.208. The van der Waals surface area contributed by atoms with E-state index in [9.17, 15) is 13.2 Å². The second kappa shape index (κ2) is 7.64. The zero-order chi connectivity index (χ0) is 20.4. The van der Waals surface area contributed by atoms with Gasteiger partial charge in [0.25, 0.3) is 5.56 Å². The van der Waals surface area contributed by atoms with E-state index in [0.717, 1.165) is 21.9 Å². The van der Waals surface area contributed by atoms with Crippen molar-refractivity contribution >= 4 is 20.6 Å². The van der Waals surface area contributed by atoms with Gasteiger partial charge in [0.15, 0.2) is 0 Å². The third kappa shape index (κ3) is 4.12. The number of aromatic amines is 1. The van der Waals surface area contributed by atoms with Crippen LogP contribution >= 0.6 is 0 Å². The smallest absolute Gasteiger partial charge is 0.251 e. The lowest BCUT2D eigenvalue weighted by molar-refractivity contribution is 0.584. The largest absolute Gasteiger partial charge is 0.297 e. The molecule has 0 radical (unpaired) electrons. The average molecular weight is 404 g/mol. The van der Waals surface area contributed by atoms with Crippen LogP contribution in [0, 0.1) is 6.92 Å². The van der Waals surface area contributed by atoms with Gasteiger partial charge in [0.1, 0.15) is 0 Å². The number of aromatic nitrogens is 2. The number of fused-ring (bicyclic) bond motifs is 1. The van der Waals surface area contributed by atoms with Crippen molar-refractivity contribution in [3.63, 3.8) is 0 Å². The minimum atomic E-state index is -3.78. The van der Waals surface area contributed by atoms with Gasteiger partial charge in [-0.25, -0.2) is 13.4 Å². The van der Waals surface area contributed by atoms with Crippen LogP contribution in [0.2, 0.25) is 0 Å². The molecule has 1 heterocycles. The molecule has 0 spiro atoms. The molecule has 0 aliphatic carbocycles. The van der Waals surface area contributed by atoms with Crippen molar-refractivity contribution in [1.82, 2.24) is 9.97 Å². The van der Waals surface area contributed by atoms with E-state index in [-0.39, 0.29) is 10.9 Å². The number of H-pyrrole nitrogens is 1. The number of nitrogens with one attached hydrogen (secondary N) is 1. The number of rotatable bonds is 5. The summed E-state index contributed by atoms with van der Waals surface area (Å²) >= 11 is 0. The summed E-state index contributed by atoms with van der Waals surface area (Å²) in [6.45, 7) is 1.86. The molecule has 0 saturated carbocycles. The summed E-state index contributed by atoms with van der Waals surface area (Å²) in [5, 5.41) is 1.85. The molecule has 29 heavy (non-hydrogen) atoms. The molecule has 4 aromatic rings. The highest BCUT2D eigenvalue weighted by molar-refractivity contribution is 7.90. The number of sulfone groups is 1. The van der Waals surface area contributed by atoms with E-state index in [1.165, 1.54) is 6.07 Å². The lowest BCUT2D eigenvalue weighted by atomic mass is 10.0. The predicted octanol–water partition coefficient (Wildman–Crippen LogP) is 3.80. The van der Waals surface area contributed by atoms with Crippen LogP contribution in [-0.2, 0) is 22.0 Å². The van der Waals surface area contributed by atoms with E-state index in [4.69, 9.17) is 0 Å². The quantitative estimate of drug-likeness (QED) is 0.513. The van der Waals surface area contributed by atoms with E-state index in [0.29, 0.717) is 17.7 Å². The Hall–Kier alpha value is -3.25. The molecule has 0 aliphatic heterocycles. The Kier molecular flexibility index (Phi) is 5.03. The predicted molar refractivity (Wildman–Crippen MR) is 114 cm³/mol. The molecule has 6 heteroatoms. The maximum absolute atomic E-state index is 12.9. The number of aryl methyl sites for hydroxylation is 1. The van der Waals surface area contributed by atoms with Crippen LogP contribution in [0.4, 0.5) is 0 Å². The van der Waals surface area contributed by atoms with Crippen LogP contribution in [0.15, 0.2) is 82.7 Å². The van der Waals surface area contributed by atoms with E-state index in [1.807, 2.05) is 61.5 Å². The van der Waals surface area contributed by atoms with E-state index < -0.39 is 15.4 Å². The van der Waals surface area contributed by atoms with Crippen LogP contribution in [0.3, 0.4) is 0 Å². The fourth-order valence-corrected chi connectivity index (χ4v) is 4.79. The third-order valence-electron chi connectivity index (χ3n) is 4.93. The number of benzene rings is 3. The molecule has 0 fully saturated rings. The van der Waals surface area contributed by atoms with Gasteiger partial charge in [-0.3, -0.25) is 9.78 Å². The van der Waals surface area contributed by atoms with Gasteiger partial charge in [-0.05, 0) is 34.4 Å². The Bertz CT molecular complexity index is 1350. The summed E-state index contributed by atoms with van der Waals surface area (Å²) in [4.78, 5) is 18.9. The second-order valence-electron chi connectivity index (χ2n) is 7.04. The monoisotopic (exact) mass is 404 g/mol. The topological polar surface area (TPSA) is 79.9 Å². The molecule has 4 rings (SSSR count). The maximum atomic E-state index is 12.9. The second-order valence-corrected chi connectivity index (χ2v) is 8.95. The van der Waals surface area contributed by atoms with Crippen LogP contribution in [0.5, 0.6) is 0 Å². The molecule has 0 amide bonds. The van der Waals surface area contributed by atoms with Crippen LogP contribution in [0.25, 0.3) is 10.8 Å². The van der Waals surface area contributed by atoms with Gasteiger partial charge in [0, 0.05) is 12.5 Å². The SMILES string of the molecule is Cc1ccccc1CS(=O)(=O)c1nc(Cc2cccc3ccccc23)cc(=O)[nH]1. The first-order valence-electron chi connectivity index (χ1n) is 9.26. The van der Waals surface area contributed by atoms with Gasteiger partial charge in [-0.2, -0.15) is 0 Å². The number of nitrogens with zero attached hydrogens (tertiary/aromatic N) is 1. The Labute approximate surface area is 169 Å². The van der Waals surface area contributed by atoms with Crippen molar-refractivity contribution in [2.24, 2.45) is 0 Å². The van der Waals surface area contributed by atoms with Gasteiger partial charge < -0.3 is 0 Å². The highest BCUT2D eigenvalue weighted by atomic mass is 32.2. The first-order chi connectivity index (χ1) is 13.9. The normalized spacial score (nSPS) is 11.6. The lowest BCUT2D eigenvalue weighted by Gasteiger charge is -2.09. The van der Waals surface area contributed by atoms with Crippen LogP contribution in [0.1, 0.15) is 22.4 Å². The standard InChI is InChI=1S/C23H20N2O3S/c1-16-7-2-3-9-19(16)15-29(27,28)23-24-20(14-22(26)25-23)13-18-11-6-10-17-8-4-5-12-21(17)18/h2-12,14H,13,15H2,1H3,(H,24,25,26). The highest BCUT2D eigenvalue weighted by Crippen LogP contribution is 2.21. The van der Waals surface area contributed by atoms with Gasteiger partial charge in [0.2, 0.25) is 15.0 Å². The Morgan fingerprint density at radius 2 is 1.59 bits per heavy atom. The van der Waals surface area contributed by atoms with Crippen LogP contribution in [-0.4, -0.2) is 18.4 Å². The molecule has 1 aromatic heterocycles. The summed E-state index contributed by atoms with van der Waals surface area (Å²) < 4.78 is 25.8. The minimum absolute atomic E-state index is 0.208. The zero-order valence-corrected chi connectivity index (χ0v) is 16.7. The molecule has 0 saturated heterocycles. The maximum Gasteiger partial charge on any atom is 0.251 e.